The van der Waals surface area contributed by atoms with Gasteiger partial charge in [0, 0.05) is 46.9 Å². The molecule has 0 saturated carbocycles. The molecule has 1 aliphatic carbocycles. The number of aliphatic hydroxyl groups is 1. The molecule has 4 heterocycles. The Bertz CT molecular complexity index is 2710. The van der Waals surface area contributed by atoms with E-state index in [0.717, 1.165) is 22.3 Å². The van der Waals surface area contributed by atoms with Crippen molar-refractivity contribution >= 4 is 34.8 Å². The zero-order chi connectivity index (χ0) is 44.4. The standard InChI is InChI=1S/C45H45FN8O9/c1-24-13-30-32(33-19-54-38(41(33)52-37(30)15-36(24)46)14-31-35(43(54)58)21-62-44(59)42(31)57)18-53(48)17-25(47)7-6-12-49-40(56)22-61-23-51-39(55)16-50-45(60)63-20-34-28-10-4-2-8-26(28)27-9-3-5-11-29(27)34/h2-5,8-11,13-15,17,34,42,57H,6-7,12,16,18-23,47-48H2,1H3,(H,49,56)(H,50,60)(H,51,55)/b25-17-. The molecule has 0 spiro atoms. The number of nitrogens with one attached hydrogen (secondary N) is 3. The monoisotopic (exact) mass is 860 g/mol. The van der Waals surface area contributed by atoms with Gasteiger partial charge in [-0.1, -0.05) is 48.5 Å². The fourth-order valence-corrected chi connectivity index (χ4v) is 8.24. The van der Waals surface area contributed by atoms with Crippen molar-refractivity contribution in [3.63, 3.8) is 0 Å². The molecule has 3 amide bonds. The second-order valence-electron chi connectivity index (χ2n) is 15.5. The van der Waals surface area contributed by atoms with Crippen LogP contribution in [-0.2, 0) is 48.3 Å². The number of halogens is 1. The van der Waals surface area contributed by atoms with E-state index in [0.29, 0.717) is 57.5 Å². The van der Waals surface area contributed by atoms with Crippen LogP contribution in [0, 0.1) is 12.7 Å². The number of esters is 1. The third kappa shape index (κ3) is 8.81. The highest BCUT2D eigenvalue weighted by Crippen LogP contribution is 2.44. The molecule has 0 radical (unpaired) electrons. The van der Waals surface area contributed by atoms with Gasteiger partial charge < -0.3 is 50.6 Å². The van der Waals surface area contributed by atoms with Crippen LogP contribution in [0.15, 0.2) is 83.4 Å². The number of carbonyl (C=O) groups excluding carboxylic acids is 4. The van der Waals surface area contributed by atoms with Crippen molar-refractivity contribution in [2.24, 2.45) is 11.6 Å². The van der Waals surface area contributed by atoms with Gasteiger partial charge in [-0.3, -0.25) is 14.4 Å². The Hall–Kier alpha value is -7.15. The first kappa shape index (κ1) is 42.5. The number of alkyl carbamates (subject to hydrolysis) is 1. The van der Waals surface area contributed by atoms with Crippen molar-refractivity contribution in [2.45, 2.75) is 51.5 Å². The number of aryl methyl sites for hydroxylation is 1. The molecule has 8 rings (SSSR count). The Morgan fingerprint density at radius 3 is 2.48 bits per heavy atom. The van der Waals surface area contributed by atoms with E-state index in [-0.39, 0.29) is 69.8 Å². The van der Waals surface area contributed by atoms with Crippen LogP contribution in [0.1, 0.15) is 63.8 Å². The Morgan fingerprint density at radius 1 is 1.00 bits per heavy atom. The molecule has 5 aromatic rings. The molecule has 3 aliphatic rings. The lowest BCUT2D eigenvalue weighted by Crippen LogP contribution is -2.39. The quantitative estimate of drug-likeness (QED) is 0.0287. The number of benzene rings is 3. The number of nitrogens with zero attached hydrogens (tertiary/aromatic N) is 3. The molecule has 63 heavy (non-hydrogen) atoms. The lowest BCUT2D eigenvalue weighted by molar-refractivity contribution is -0.157. The fourth-order valence-electron chi connectivity index (χ4n) is 8.24. The largest absolute Gasteiger partial charge is 0.458 e. The van der Waals surface area contributed by atoms with Crippen molar-refractivity contribution in [3.05, 3.63) is 134 Å². The minimum Gasteiger partial charge on any atom is -0.458 e. The van der Waals surface area contributed by atoms with Crippen molar-refractivity contribution in [2.75, 3.05) is 33.0 Å². The van der Waals surface area contributed by atoms with Gasteiger partial charge in [0.2, 0.25) is 11.8 Å². The molecule has 1 unspecified atom stereocenters. The first-order valence-electron chi connectivity index (χ1n) is 20.3. The van der Waals surface area contributed by atoms with Gasteiger partial charge in [0.1, 0.15) is 38.9 Å². The molecule has 2 aromatic heterocycles. The Kier molecular flexibility index (Phi) is 12.2. The average Bonchev–Trinajstić information content (AvgIpc) is 3.80. The summed E-state index contributed by atoms with van der Waals surface area (Å²) in [4.78, 5) is 67.3. The molecule has 326 valence electrons. The highest BCUT2D eigenvalue weighted by atomic mass is 19.1. The highest BCUT2D eigenvalue weighted by molar-refractivity contribution is 5.89. The van der Waals surface area contributed by atoms with Crippen LogP contribution in [0.5, 0.6) is 0 Å². The van der Waals surface area contributed by atoms with E-state index in [4.69, 9.17) is 30.8 Å². The van der Waals surface area contributed by atoms with Gasteiger partial charge >= 0.3 is 12.1 Å². The van der Waals surface area contributed by atoms with E-state index in [1.165, 1.54) is 15.6 Å². The smallest absolute Gasteiger partial charge is 0.407 e. The van der Waals surface area contributed by atoms with Crippen LogP contribution in [0.25, 0.3) is 33.4 Å². The SMILES string of the molecule is Cc1cc2c(CN(N)/C=C(\N)CCCNC(=O)COCNC(=O)CNC(=O)OCC3c4ccccc4-c4ccccc43)c3c(nc2cc1F)-c1cc2c(c(=O)n1C3)COC(=O)C2O. The van der Waals surface area contributed by atoms with Gasteiger partial charge in [-0.15, -0.1) is 0 Å². The number of hydrogen-bond acceptors (Lipinski definition) is 13. The zero-order valence-electron chi connectivity index (χ0n) is 34.2. The van der Waals surface area contributed by atoms with Crippen LogP contribution in [0.4, 0.5) is 9.18 Å². The number of aromatic nitrogens is 2. The van der Waals surface area contributed by atoms with Crippen LogP contribution in [0.3, 0.4) is 0 Å². The number of fused-ring (bicyclic) bond motifs is 8. The molecule has 17 nitrogen and oxygen atoms in total. The molecule has 18 heteroatoms. The number of hydrazine groups is 1. The summed E-state index contributed by atoms with van der Waals surface area (Å²) in [5.74, 6) is 4.09. The van der Waals surface area contributed by atoms with Crippen LogP contribution in [0.2, 0.25) is 0 Å². The molecule has 0 bridgehead atoms. The summed E-state index contributed by atoms with van der Waals surface area (Å²) in [6, 6.07) is 20.5. The summed E-state index contributed by atoms with van der Waals surface area (Å²) in [7, 11) is 0. The van der Waals surface area contributed by atoms with Crippen LogP contribution < -0.4 is 33.1 Å². The van der Waals surface area contributed by atoms with Crippen LogP contribution >= 0.6 is 0 Å². The topological polar surface area (TPSA) is 242 Å². The number of cyclic esters (lactones) is 1. The van der Waals surface area contributed by atoms with E-state index < -0.39 is 41.4 Å². The third-order valence-corrected chi connectivity index (χ3v) is 11.3. The Balaban J connectivity index is 0.770. The molecular weight excluding hydrogens is 816 g/mol. The number of ether oxygens (including phenoxy) is 3. The van der Waals surface area contributed by atoms with Gasteiger partial charge in [0.25, 0.3) is 5.56 Å². The average molecular weight is 861 g/mol. The van der Waals surface area contributed by atoms with Gasteiger partial charge in [-0.25, -0.2) is 24.8 Å². The zero-order valence-corrected chi connectivity index (χ0v) is 34.2. The minimum absolute atomic E-state index is 0.107. The first-order chi connectivity index (χ1) is 30.4. The molecule has 3 aromatic carbocycles. The van der Waals surface area contributed by atoms with Crippen molar-refractivity contribution in [1.29, 1.82) is 0 Å². The molecular formula is C45H45FN8O9. The maximum absolute atomic E-state index is 14.8. The molecule has 0 saturated heterocycles. The number of aliphatic hydroxyl groups excluding tert-OH is 1. The van der Waals surface area contributed by atoms with Gasteiger partial charge in [-0.05, 0) is 65.3 Å². The highest BCUT2D eigenvalue weighted by Gasteiger charge is 2.35. The summed E-state index contributed by atoms with van der Waals surface area (Å²) in [5.41, 5.74) is 13.9. The fraction of sp³-hybridized carbons (Fsp3) is 0.289. The number of pyridine rings is 2. The summed E-state index contributed by atoms with van der Waals surface area (Å²) in [6.07, 6.45) is 0.0389. The van der Waals surface area contributed by atoms with Crippen molar-refractivity contribution in [3.8, 4) is 22.5 Å². The minimum atomic E-state index is -1.62. The Morgan fingerprint density at radius 2 is 1.73 bits per heavy atom. The van der Waals surface area contributed by atoms with E-state index in [1.807, 2.05) is 48.5 Å². The van der Waals surface area contributed by atoms with E-state index in [9.17, 15) is 33.5 Å². The van der Waals surface area contributed by atoms with Gasteiger partial charge in [-0.2, -0.15) is 0 Å². The third-order valence-electron chi connectivity index (χ3n) is 11.3. The first-order valence-corrected chi connectivity index (χ1v) is 20.3. The maximum atomic E-state index is 14.8. The number of nitrogens with two attached hydrogens (primary N) is 2. The number of amides is 3. The second-order valence-corrected chi connectivity index (χ2v) is 15.5. The summed E-state index contributed by atoms with van der Waals surface area (Å²) in [6.45, 7) is 1.07. The van der Waals surface area contributed by atoms with E-state index in [1.54, 1.807) is 25.3 Å². The maximum Gasteiger partial charge on any atom is 0.407 e. The predicted octanol–water partition coefficient (Wildman–Crippen LogP) is 2.96. The van der Waals surface area contributed by atoms with Gasteiger partial charge in [0.05, 0.1) is 35.6 Å². The normalized spacial score (nSPS) is 14.8. The number of carbonyl (C=O) groups is 4. The number of allylic oxidation sites excluding steroid dienone is 1. The number of hydrogen-bond donors (Lipinski definition) is 6. The van der Waals surface area contributed by atoms with E-state index >= 15 is 0 Å². The van der Waals surface area contributed by atoms with Crippen molar-refractivity contribution < 1.29 is 42.9 Å². The molecule has 8 N–H and O–H groups in total. The van der Waals surface area contributed by atoms with Crippen molar-refractivity contribution in [1.82, 2.24) is 30.5 Å². The van der Waals surface area contributed by atoms with E-state index in [2.05, 4.69) is 16.0 Å². The summed E-state index contributed by atoms with van der Waals surface area (Å²) >= 11 is 0. The molecule has 0 fully saturated rings. The predicted molar refractivity (Wildman–Crippen MR) is 226 cm³/mol. The number of rotatable bonds is 15. The molecule has 1 atom stereocenters. The summed E-state index contributed by atoms with van der Waals surface area (Å²) in [5, 5.41) is 20.1. The summed E-state index contributed by atoms with van der Waals surface area (Å²) < 4.78 is 32.0. The van der Waals surface area contributed by atoms with Gasteiger partial charge in [0.15, 0.2) is 6.10 Å². The Labute approximate surface area is 359 Å². The van der Waals surface area contributed by atoms with Crippen LogP contribution in [-0.4, -0.2) is 76.6 Å². The lowest BCUT2D eigenvalue weighted by atomic mass is 9.97. The molecule has 2 aliphatic heterocycles. The second kappa shape index (κ2) is 18.1. The lowest BCUT2D eigenvalue weighted by Gasteiger charge is -2.21.